The Morgan fingerprint density at radius 3 is 2.19 bits per heavy atom. The van der Waals surface area contributed by atoms with Crippen molar-refractivity contribution in [2.75, 3.05) is 0 Å². The van der Waals surface area contributed by atoms with E-state index < -0.39 is 0 Å². The van der Waals surface area contributed by atoms with E-state index in [1.54, 1.807) is 12.1 Å². The molecule has 0 amide bonds. The second-order valence-electron chi connectivity index (χ2n) is 6.63. The first-order valence-electron chi connectivity index (χ1n) is 9.00. The molecule has 0 fully saturated rings. The molecule has 1 aromatic heterocycles. The van der Waals surface area contributed by atoms with Gasteiger partial charge in [-0.25, -0.2) is 4.68 Å². The monoisotopic (exact) mass is 344 g/mol. The lowest BCUT2D eigenvalue weighted by Gasteiger charge is -2.20. The van der Waals surface area contributed by atoms with E-state index in [1.807, 2.05) is 48.5 Å². The number of rotatable bonds is 4. The van der Waals surface area contributed by atoms with Crippen LogP contribution in [0.1, 0.15) is 34.3 Å². The lowest BCUT2D eigenvalue weighted by molar-refractivity contribution is 0.0965. The molecule has 0 atom stereocenters. The Morgan fingerprint density at radius 2 is 1.50 bits per heavy atom. The third-order valence-electron chi connectivity index (χ3n) is 4.90. The van der Waals surface area contributed by atoms with Gasteiger partial charge < -0.3 is 0 Å². The van der Waals surface area contributed by atoms with Crippen molar-refractivity contribution < 1.29 is 4.79 Å². The molecule has 1 aliphatic carbocycles. The molecule has 0 unspecified atom stereocenters. The number of hydrogen-bond acceptors (Lipinski definition) is 3. The van der Waals surface area contributed by atoms with E-state index in [1.165, 1.54) is 4.68 Å². The SMILES string of the molecule is O=C(Cn1nc(-c2ccccc2)c2c(c1=O)CCCC2)c1ccccc1. The standard InChI is InChI=1S/C22H20N2O2/c25-20(16-9-3-1-4-10-16)15-24-22(26)19-14-8-7-13-18(19)21(23-24)17-11-5-2-6-12-17/h1-6,9-12H,7-8,13-15H2. The van der Waals surface area contributed by atoms with Crippen LogP contribution >= 0.6 is 0 Å². The predicted molar refractivity (Wildman–Crippen MR) is 101 cm³/mol. The summed E-state index contributed by atoms with van der Waals surface area (Å²) in [6.45, 7) is -0.0318. The summed E-state index contributed by atoms with van der Waals surface area (Å²) in [5.41, 5.74) is 4.18. The molecule has 4 rings (SSSR count). The highest BCUT2D eigenvalue weighted by Crippen LogP contribution is 2.27. The van der Waals surface area contributed by atoms with Crippen molar-refractivity contribution in [2.24, 2.45) is 0 Å². The second kappa shape index (κ2) is 7.08. The number of carbonyl (C=O) groups excluding carboxylic acids is 1. The average Bonchev–Trinajstić information content (AvgIpc) is 2.71. The summed E-state index contributed by atoms with van der Waals surface area (Å²) in [5.74, 6) is -0.102. The normalized spacial score (nSPS) is 13.2. The van der Waals surface area contributed by atoms with Crippen molar-refractivity contribution >= 4 is 5.78 Å². The molecule has 130 valence electrons. The number of carbonyl (C=O) groups is 1. The number of benzene rings is 2. The van der Waals surface area contributed by atoms with Gasteiger partial charge in [0, 0.05) is 16.7 Å². The zero-order valence-electron chi connectivity index (χ0n) is 14.5. The summed E-state index contributed by atoms with van der Waals surface area (Å²) in [7, 11) is 0. The van der Waals surface area contributed by atoms with E-state index in [9.17, 15) is 9.59 Å². The number of nitrogens with zero attached hydrogens (tertiary/aromatic N) is 2. The van der Waals surface area contributed by atoms with Gasteiger partial charge in [-0.3, -0.25) is 9.59 Å². The van der Waals surface area contributed by atoms with Gasteiger partial charge in [-0.15, -0.1) is 0 Å². The maximum atomic E-state index is 12.9. The minimum absolute atomic E-state index is 0.0318. The van der Waals surface area contributed by atoms with Gasteiger partial charge in [0.1, 0.15) is 6.54 Å². The molecule has 2 aromatic carbocycles. The van der Waals surface area contributed by atoms with Crippen LogP contribution in [0.25, 0.3) is 11.3 Å². The van der Waals surface area contributed by atoms with Gasteiger partial charge in [0.05, 0.1) is 5.69 Å². The van der Waals surface area contributed by atoms with Crippen molar-refractivity contribution in [3.8, 4) is 11.3 Å². The highest BCUT2D eigenvalue weighted by molar-refractivity contribution is 5.95. The molecule has 4 heteroatoms. The van der Waals surface area contributed by atoms with Crippen LogP contribution in [0, 0.1) is 0 Å². The summed E-state index contributed by atoms with van der Waals surface area (Å²) in [6.07, 6.45) is 3.71. The van der Waals surface area contributed by atoms with E-state index in [-0.39, 0.29) is 17.9 Å². The quantitative estimate of drug-likeness (QED) is 0.679. The zero-order chi connectivity index (χ0) is 17.9. The topological polar surface area (TPSA) is 52.0 Å². The number of fused-ring (bicyclic) bond motifs is 1. The van der Waals surface area contributed by atoms with Crippen molar-refractivity contribution in [3.63, 3.8) is 0 Å². The molecule has 0 aliphatic heterocycles. The van der Waals surface area contributed by atoms with Crippen LogP contribution in [-0.2, 0) is 19.4 Å². The van der Waals surface area contributed by atoms with E-state index in [2.05, 4.69) is 5.10 Å². The van der Waals surface area contributed by atoms with Crippen LogP contribution in [0.3, 0.4) is 0 Å². The minimum atomic E-state index is -0.122. The second-order valence-corrected chi connectivity index (χ2v) is 6.63. The molecule has 3 aromatic rings. The largest absolute Gasteiger partial charge is 0.292 e. The molecule has 0 spiro atoms. The van der Waals surface area contributed by atoms with Gasteiger partial charge in [-0.05, 0) is 31.2 Å². The molecule has 0 bridgehead atoms. The zero-order valence-corrected chi connectivity index (χ0v) is 14.5. The number of aromatic nitrogens is 2. The van der Waals surface area contributed by atoms with Crippen LogP contribution in [0.4, 0.5) is 0 Å². The van der Waals surface area contributed by atoms with Crippen molar-refractivity contribution in [1.82, 2.24) is 9.78 Å². The van der Waals surface area contributed by atoms with Crippen LogP contribution in [0.2, 0.25) is 0 Å². The van der Waals surface area contributed by atoms with Gasteiger partial charge in [0.25, 0.3) is 5.56 Å². The highest BCUT2D eigenvalue weighted by Gasteiger charge is 2.22. The van der Waals surface area contributed by atoms with E-state index in [0.717, 1.165) is 48.1 Å². The molecule has 0 saturated carbocycles. The average molecular weight is 344 g/mol. The smallest absolute Gasteiger partial charge is 0.270 e. The van der Waals surface area contributed by atoms with Crippen LogP contribution in [0.15, 0.2) is 65.5 Å². The summed E-state index contributed by atoms with van der Waals surface area (Å²) in [4.78, 5) is 25.5. The number of Topliss-reactive ketones (excluding diaryl/α,β-unsaturated/α-hetero) is 1. The third kappa shape index (κ3) is 3.10. The van der Waals surface area contributed by atoms with Gasteiger partial charge in [0.2, 0.25) is 0 Å². The minimum Gasteiger partial charge on any atom is -0.292 e. The first kappa shape index (κ1) is 16.5. The van der Waals surface area contributed by atoms with Crippen LogP contribution in [0.5, 0.6) is 0 Å². The Morgan fingerprint density at radius 1 is 0.885 bits per heavy atom. The fourth-order valence-electron chi connectivity index (χ4n) is 3.57. The Balaban J connectivity index is 1.80. The Kier molecular flexibility index (Phi) is 4.48. The summed E-state index contributed by atoms with van der Waals surface area (Å²) >= 11 is 0. The highest BCUT2D eigenvalue weighted by atomic mass is 16.1. The summed E-state index contributed by atoms with van der Waals surface area (Å²) in [5, 5.41) is 4.60. The van der Waals surface area contributed by atoms with Crippen LogP contribution < -0.4 is 5.56 Å². The molecule has 26 heavy (non-hydrogen) atoms. The Labute approximate surface area is 152 Å². The maximum Gasteiger partial charge on any atom is 0.270 e. The van der Waals surface area contributed by atoms with Gasteiger partial charge in [-0.1, -0.05) is 60.7 Å². The summed E-state index contributed by atoms with van der Waals surface area (Å²) in [6, 6.07) is 19.0. The molecule has 0 radical (unpaired) electrons. The molecular formula is C22H20N2O2. The first-order valence-corrected chi connectivity index (χ1v) is 9.00. The van der Waals surface area contributed by atoms with Crippen molar-refractivity contribution in [3.05, 3.63) is 87.7 Å². The molecule has 4 nitrogen and oxygen atoms in total. The van der Waals surface area contributed by atoms with Gasteiger partial charge >= 0.3 is 0 Å². The Hall–Kier alpha value is -3.01. The van der Waals surface area contributed by atoms with E-state index >= 15 is 0 Å². The first-order chi connectivity index (χ1) is 12.7. The molecule has 0 N–H and O–H groups in total. The van der Waals surface area contributed by atoms with Gasteiger partial charge in [-0.2, -0.15) is 5.10 Å². The lowest BCUT2D eigenvalue weighted by atomic mass is 9.90. The fourth-order valence-corrected chi connectivity index (χ4v) is 3.57. The molecular weight excluding hydrogens is 324 g/mol. The van der Waals surface area contributed by atoms with Crippen LogP contribution in [-0.4, -0.2) is 15.6 Å². The van der Waals surface area contributed by atoms with Gasteiger partial charge in [0.15, 0.2) is 5.78 Å². The molecule has 1 heterocycles. The van der Waals surface area contributed by atoms with E-state index in [0.29, 0.717) is 5.56 Å². The maximum absolute atomic E-state index is 12.9. The number of ketones is 1. The predicted octanol–water partition coefficient (Wildman–Crippen LogP) is 3.67. The third-order valence-corrected chi connectivity index (χ3v) is 4.90. The Bertz CT molecular complexity index is 992. The summed E-state index contributed by atoms with van der Waals surface area (Å²) < 4.78 is 1.35. The van der Waals surface area contributed by atoms with Crippen molar-refractivity contribution in [1.29, 1.82) is 0 Å². The fraction of sp³-hybridized carbons (Fsp3) is 0.227. The number of hydrogen-bond donors (Lipinski definition) is 0. The molecule has 1 aliphatic rings. The van der Waals surface area contributed by atoms with Crippen molar-refractivity contribution in [2.45, 2.75) is 32.2 Å². The molecule has 0 saturated heterocycles. The van der Waals surface area contributed by atoms with E-state index in [4.69, 9.17) is 0 Å². The lowest BCUT2D eigenvalue weighted by Crippen LogP contribution is -2.32.